The van der Waals surface area contributed by atoms with Crippen LogP contribution in [0, 0.1) is 11.3 Å². The molecule has 0 aromatic carbocycles. The van der Waals surface area contributed by atoms with Crippen LogP contribution in [0.25, 0.3) is 0 Å². The standard InChI is InChI=1S/C15H25O5Si.3C4H9.Sn/c1-7-8-11-9-15(13(16)18-2,14(17)19-3)10-12(11)20-21(4,5)6;3*1-3-4-2;/h7-8,11-12H,1,9-10H2,2-6H3;3*1,3-4H2,2H3;/b8-7-;;;;/t11-,12+;;;;/m0..../s1. The molecule has 0 aliphatic heterocycles. The minimum absolute atomic E-state index is 0.0254. The molecule has 0 spiro atoms. The first-order valence-corrected chi connectivity index (χ1v) is 25.0. The van der Waals surface area contributed by atoms with Crippen LogP contribution in [0.2, 0.25) is 37.4 Å². The van der Waals surface area contributed by atoms with Gasteiger partial charge < -0.3 is 0 Å². The van der Waals surface area contributed by atoms with E-state index in [0.29, 0.717) is 12.8 Å². The maximum atomic E-state index is 12.8. The predicted molar refractivity (Wildman–Crippen MR) is 146 cm³/mol. The molecule has 34 heavy (non-hydrogen) atoms. The number of methoxy groups -OCH3 is 2. The molecule has 0 heterocycles. The summed E-state index contributed by atoms with van der Waals surface area (Å²) < 4.78 is 22.4. The van der Waals surface area contributed by atoms with Gasteiger partial charge in [-0.25, -0.2) is 0 Å². The first-order valence-electron chi connectivity index (χ1n) is 13.5. The molecular formula is C27H52O5SiSn. The van der Waals surface area contributed by atoms with Crippen LogP contribution in [0.1, 0.15) is 72.1 Å². The van der Waals surface area contributed by atoms with Gasteiger partial charge in [0.2, 0.25) is 0 Å². The van der Waals surface area contributed by atoms with Crippen molar-refractivity contribution in [1.29, 1.82) is 0 Å². The molecule has 2 atom stereocenters. The third-order valence-electron chi connectivity index (χ3n) is 7.38. The topological polar surface area (TPSA) is 61.8 Å². The van der Waals surface area contributed by atoms with Gasteiger partial charge in [0.25, 0.3) is 0 Å². The van der Waals surface area contributed by atoms with Gasteiger partial charge in [0, 0.05) is 0 Å². The van der Waals surface area contributed by atoms with Crippen molar-refractivity contribution in [2.24, 2.45) is 11.3 Å². The minimum atomic E-state index is -2.28. The van der Waals surface area contributed by atoms with Crippen LogP contribution < -0.4 is 0 Å². The second-order valence-corrected chi connectivity index (χ2v) is 29.8. The molecule has 7 heteroatoms. The summed E-state index contributed by atoms with van der Waals surface area (Å²) in [4.78, 5) is 25.6. The number of unbranched alkanes of at least 4 members (excludes halogenated alkanes) is 3. The number of esters is 2. The van der Waals surface area contributed by atoms with Crippen molar-refractivity contribution in [1.82, 2.24) is 0 Å². The number of ether oxygens (including phenoxy) is 2. The molecule has 0 bridgehead atoms. The SMILES string of the molecule is CCC[CH2][Sn]([CH2]/C=C\[C@H]1CC(C(=O)OC)(C(=O)OC)C[C@H]1O[Si](C)(C)C)([CH2]CCC)[CH2]CCC. The molecular weight excluding hydrogens is 551 g/mol. The Balaban J connectivity index is 3.22. The molecule has 198 valence electrons. The molecule has 0 radical (unpaired) electrons. The fourth-order valence-corrected chi connectivity index (χ4v) is 21.8. The Hall–Kier alpha value is -0.344. The quantitative estimate of drug-likeness (QED) is 0.0799. The fourth-order valence-electron chi connectivity index (χ4n) is 5.52. The van der Waals surface area contributed by atoms with Crippen molar-refractivity contribution in [3.8, 4) is 0 Å². The normalized spacial score (nSPS) is 20.6. The summed E-state index contributed by atoms with van der Waals surface area (Å²) in [5.74, 6) is -0.971. The van der Waals surface area contributed by atoms with Crippen LogP contribution in [-0.2, 0) is 23.5 Å². The Morgan fingerprint density at radius 1 is 0.882 bits per heavy atom. The van der Waals surface area contributed by atoms with E-state index in [1.165, 1.54) is 70.5 Å². The van der Waals surface area contributed by atoms with Crippen molar-refractivity contribution in [2.75, 3.05) is 14.2 Å². The summed E-state index contributed by atoms with van der Waals surface area (Å²) in [7, 11) is 0.829. The number of hydrogen-bond acceptors (Lipinski definition) is 5. The van der Waals surface area contributed by atoms with Gasteiger partial charge in [-0.2, -0.15) is 0 Å². The summed E-state index contributed by atoms with van der Waals surface area (Å²) in [5.41, 5.74) is -1.27. The molecule has 1 aliphatic carbocycles. The zero-order valence-corrected chi connectivity index (χ0v) is 27.2. The number of allylic oxidation sites excluding steroid dienone is 1. The molecule has 0 aromatic rings. The molecule has 1 saturated carbocycles. The molecule has 1 rings (SSSR count). The van der Waals surface area contributed by atoms with Crippen LogP contribution in [0.3, 0.4) is 0 Å². The van der Waals surface area contributed by atoms with Crippen molar-refractivity contribution in [3.63, 3.8) is 0 Å². The molecule has 0 unspecified atom stereocenters. The van der Waals surface area contributed by atoms with E-state index in [1.54, 1.807) is 0 Å². The van der Waals surface area contributed by atoms with E-state index in [0.717, 1.165) is 0 Å². The Morgan fingerprint density at radius 2 is 1.35 bits per heavy atom. The number of carbonyl (C=O) groups excluding carboxylic acids is 2. The summed E-state index contributed by atoms with van der Waals surface area (Å²) in [6, 6.07) is 0. The molecule has 1 fully saturated rings. The van der Waals surface area contributed by atoms with E-state index in [1.807, 2.05) is 0 Å². The third kappa shape index (κ3) is 9.27. The molecule has 0 aromatic heterocycles. The molecule has 0 saturated heterocycles. The van der Waals surface area contributed by atoms with Gasteiger partial charge in [-0.1, -0.05) is 0 Å². The van der Waals surface area contributed by atoms with Gasteiger partial charge in [-0.05, 0) is 0 Å². The summed E-state index contributed by atoms with van der Waals surface area (Å²) in [6.45, 7) is 13.4. The Kier molecular flexibility index (Phi) is 14.0. The second kappa shape index (κ2) is 15.0. The van der Waals surface area contributed by atoms with Crippen molar-refractivity contribution in [2.45, 2.75) is 116 Å². The van der Waals surface area contributed by atoms with Crippen LogP contribution >= 0.6 is 0 Å². The van der Waals surface area contributed by atoms with Crippen LogP contribution in [0.4, 0.5) is 0 Å². The van der Waals surface area contributed by atoms with Gasteiger partial charge in [-0.3, -0.25) is 0 Å². The average molecular weight is 604 g/mol. The van der Waals surface area contributed by atoms with E-state index < -0.39 is 44.0 Å². The van der Waals surface area contributed by atoms with Crippen LogP contribution in [0.5, 0.6) is 0 Å². The number of hydrogen-bond donors (Lipinski definition) is 0. The Bertz CT molecular complexity index is 620. The zero-order valence-electron chi connectivity index (χ0n) is 23.3. The van der Waals surface area contributed by atoms with E-state index >= 15 is 0 Å². The van der Waals surface area contributed by atoms with Crippen molar-refractivity contribution < 1.29 is 23.5 Å². The van der Waals surface area contributed by atoms with E-state index in [4.69, 9.17) is 13.9 Å². The van der Waals surface area contributed by atoms with E-state index in [-0.39, 0.29) is 12.0 Å². The van der Waals surface area contributed by atoms with Crippen molar-refractivity contribution >= 4 is 38.6 Å². The summed E-state index contributed by atoms with van der Waals surface area (Å²) >= 11 is -2.28. The van der Waals surface area contributed by atoms with E-state index in [2.05, 4.69) is 52.6 Å². The first-order chi connectivity index (χ1) is 16.0. The van der Waals surface area contributed by atoms with Crippen molar-refractivity contribution in [3.05, 3.63) is 12.2 Å². The van der Waals surface area contributed by atoms with Gasteiger partial charge >= 0.3 is 215 Å². The first kappa shape index (κ1) is 31.7. The zero-order chi connectivity index (χ0) is 25.8. The van der Waals surface area contributed by atoms with Crippen LogP contribution in [0.15, 0.2) is 12.2 Å². The molecule has 1 aliphatic rings. The molecule has 0 amide bonds. The van der Waals surface area contributed by atoms with Gasteiger partial charge in [0.05, 0.1) is 0 Å². The summed E-state index contributed by atoms with van der Waals surface area (Å²) in [5, 5.41) is 0. The molecule has 5 nitrogen and oxygen atoms in total. The maximum absolute atomic E-state index is 12.8. The second-order valence-electron chi connectivity index (χ2n) is 11.3. The van der Waals surface area contributed by atoms with Gasteiger partial charge in [0.1, 0.15) is 0 Å². The third-order valence-corrected chi connectivity index (χ3v) is 23.6. The van der Waals surface area contributed by atoms with E-state index in [9.17, 15) is 9.59 Å². The van der Waals surface area contributed by atoms with Crippen LogP contribution in [-0.4, -0.2) is 59.0 Å². The van der Waals surface area contributed by atoms with Gasteiger partial charge in [-0.15, -0.1) is 0 Å². The van der Waals surface area contributed by atoms with Gasteiger partial charge in [0.15, 0.2) is 0 Å². The Morgan fingerprint density at radius 3 is 1.74 bits per heavy atom. The Labute approximate surface area is 214 Å². The molecule has 0 N–H and O–H groups in total. The number of carbonyl (C=O) groups is 2. The predicted octanol–water partition coefficient (Wildman–Crippen LogP) is 7.35. The summed E-state index contributed by atoms with van der Waals surface area (Å²) in [6.07, 6.45) is 13.2. The average Bonchev–Trinajstić information content (AvgIpc) is 3.16. The fraction of sp³-hybridized carbons (Fsp3) is 0.852. The number of rotatable bonds is 16. The monoisotopic (exact) mass is 604 g/mol.